The van der Waals surface area contributed by atoms with Crippen LogP contribution in [-0.4, -0.2) is 0 Å². The van der Waals surface area contributed by atoms with Crippen molar-refractivity contribution in [1.29, 1.82) is 0 Å². The van der Waals surface area contributed by atoms with Gasteiger partial charge in [0.25, 0.3) is 0 Å². The number of fused-ring (bicyclic) bond motifs is 14. The minimum Gasteiger partial charge on any atom is -0.135 e. The van der Waals surface area contributed by atoms with Crippen LogP contribution in [0.4, 0.5) is 0 Å². The van der Waals surface area contributed by atoms with Crippen LogP contribution < -0.4 is 0 Å². The van der Waals surface area contributed by atoms with Crippen molar-refractivity contribution in [2.24, 2.45) is 0 Å². The lowest BCUT2D eigenvalue weighted by atomic mass is 9.76. The molecule has 0 saturated carbocycles. The van der Waals surface area contributed by atoms with E-state index in [1.165, 1.54) is 119 Å². The molecule has 0 unspecified atom stereocenters. The zero-order chi connectivity index (χ0) is 36.8. The van der Waals surface area contributed by atoms with Crippen molar-refractivity contribution >= 4 is 63.8 Å². The molecule has 1 heteroatoms. The van der Waals surface area contributed by atoms with Gasteiger partial charge in [-0.3, -0.25) is 0 Å². The zero-order valence-corrected chi connectivity index (χ0v) is 32.2. The summed E-state index contributed by atoms with van der Waals surface area (Å²) in [6.07, 6.45) is 0. The predicted molar refractivity (Wildman–Crippen MR) is 238 cm³/mol. The Kier molecular flexibility index (Phi) is 6.16. The Bertz CT molecular complexity index is 3260. The summed E-state index contributed by atoms with van der Waals surface area (Å²) in [5.41, 5.74) is 16.3. The lowest BCUT2D eigenvalue weighted by Crippen LogP contribution is -2.18. The summed E-state index contributed by atoms with van der Waals surface area (Å²) in [5.74, 6) is 0. The second-order valence-corrected chi connectivity index (χ2v) is 17.9. The fourth-order valence-corrected chi connectivity index (χ4v) is 11.9. The average molecular weight is 719 g/mol. The Labute approximate surface area is 325 Å². The molecule has 0 atom stereocenters. The molecule has 260 valence electrons. The van der Waals surface area contributed by atoms with Crippen LogP contribution in [0.3, 0.4) is 0 Å². The molecule has 0 radical (unpaired) electrons. The summed E-state index contributed by atoms with van der Waals surface area (Å²) in [6.45, 7) is 9.76. The molecule has 0 fully saturated rings. The molecule has 0 aliphatic heterocycles. The minimum atomic E-state index is -0.145. The monoisotopic (exact) mass is 718 g/mol. The standard InChI is InChI=1S/C54H38S/c1-53(2)44-28-27-42-41-25-21-31-13-5-6-14-34(31)51(41)54(3,4)52(42)50(44)43-26-23-32(29-45(43)53)48-37-16-7-9-18-39(37)49(40-19-10-8-17-38(40)48)33-22-24-36-35-15-11-12-20-46(35)55-47(36)30-33/h5-30H,1-4H3. The number of hydrogen-bond donors (Lipinski definition) is 0. The Balaban J connectivity index is 1.08. The van der Waals surface area contributed by atoms with Gasteiger partial charge in [0.1, 0.15) is 0 Å². The third-order valence-corrected chi connectivity index (χ3v) is 14.3. The molecule has 0 N–H and O–H groups in total. The Hall–Kier alpha value is -6.02. The predicted octanol–water partition coefficient (Wildman–Crippen LogP) is 15.5. The molecule has 0 nitrogen and oxygen atoms in total. The Morgan fingerprint density at radius 3 is 1.58 bits per heavy atom. The summed E-state index contributed by atoms with van der Waals surface area (Å²) in [6, 6.07) is 59.8. The number of benzene rings is 9. The molecular formula is C54H38S. The lowest BCUT2D eigenvalue weighted by molar-refractivity contribution is 0.650. The summed E-state index contributed by atoms with van der Waals surface area (Å²) < 4.78 is 2.68. The second-order valence-electron chi connectivity index (χ2n) is 16.8. The maximum atomic E-state index is 2.53. The first-order valence-electron chi connectivity index (χ1n) is 19.5. The van der Waals surface area contributed by atoms with E-state index >= 15 is 0 Å². The van der Waals surface area contributed by atoms with E-state index in [1.807, 2.05) is 11.3 Å². The van der Waals surface area contributed by atoms with Gasteiger partial charge in [0.15, 0.2) is 0 Å². The first-order chi connectivity index (χ1) is 26.8. The van der Waals surface area contributed by atoms with Crippen molar-refractivity contribution < 1.29 is 0 Å². The molecule has 0 saturated heterocycles. The molecule has 2 aliphatic carbocycles. The first kappa shape index (κ1) is 31.3. The van der Waals surface area contributed by atoms with Gasteiger partial charge in [-0.2, -0.15) is 0 Å². The molecule has 0 spiro atoms. The quantitative estimate of drug-likeness (QED) is 0.156. The SMILES string of the molecule is CC1(C)c2cc(-c3c4ccccc4c(-c4ccc5c(c4)sc4ccccc45)c4ccccc34)ccc2-c2c1ccc1c2C(C)(C)c2c-1ccc1ccccc21. The second kappa shape index (κ2) is 10.8. The van der Waals surface area contributed by atoms with Crippen LogP contribution >= 0.6 is 11.3 Å². The lowest BCUT2D eigenvalue weighted by Gasteiger charge is -2.27. The van der Waals surface area contributed by atoms with Crippen molar-refractivity contribution in [1.82, 2.24) is 0 Å². The molecule has 55 heavy (non-hydrogen) atoms. The maximum absolute atomic E-state index is 2.53. The third kappa shape index (κ3) is 4.06. The van der Waals surface area contributed by atoms with E-state index in [0.29, 0.717) is 0 Å². The molecule has 12 rings (SSSR count). The van der Waals surface area contributed by atoms with Crippen LogP contribution in [0.25, 0.3) is 97.0 Å². The molecular weight excluding hydrogens is 681 g/mol. The molecule has 2 aliphatic rings. The molecule has 10 aromatic rings. The maximum Gasteiger partial charge on any atom is 0.0361 e. The van der Waals surface area contributed by atoms with Crippen LogP contribution in [-0.2, 0) is 10.8 Å². The largest absolute Gasteiger partial charge is 0.135 e. The molecule has 0 amide bonds. The van der Waals surface area contributed by atoms with Gasteiger partial charge in [0, 0.05) is 31.0 Å². The fourth-order valence-electron chi connectivity index (χ4n) is 10.8. The van der Waals surface area contributed by atoms with Crippen molar-refractivity contribution in [3.8, 4) is 44.5 Å². The first-order valence-corrected chi connectivity index (χ1v) is 20.3. The number of hydrogen-bond acceptors (Lipinski definition) is 1. The molecule has 1 aromatic heterocycles. The van der Waals surface area contributed by atoms with E-state index in [-0.39, 0.29) is 10.8 Å². The smallest absolute Gasteiger partial charge is 0.0361 e. The Morgan fingerprint density at radius 1 is 0.345 bits per heavy atom. The van der Waals surface area contributed by atoms with Gasteiger partial charge in [-0.05, 0) is 117 Å². The third-order valence-electron chi connectivity index (χ3n) is 13.2. The summed E-state index contributed by atoms with van der Waals surface area (Å²) in [5, 5.41) is 10.5. The summed E-state index contributed by atoms with van der Waals surface area (Å²) in [4.78, 5) is 0. The molecule has 0 bridgehead atoms. The molecule has 9 aromatic carbocycles. The van der Waals surface area contributed by atoms with E-state index in [9.17, 15) is 0 Å². The normalized spacial score (nSPS) is 14.8. The van der Waals surface area contributed by atoms with E-state index in [0.717, 1.165) is 0 Å². The van der Waals surface area contributed by atoms with Crippen LogP contribution in [0.1, 0.15) is 49.9 Å². The van der Waals surface area contributed by atoms with Crippen molar-refractivity contribution in [3.05, 3.63) is 180 Å². The van der Waals surface area contributed by atoms with E-state index < -0.39 is 0 Å². The van der Waals surface area contributed by atoms with Crippen molar-refractivity contribution in [3.63, 3.8) is 0 Å². The number of thiophene rings is 1. The van der Waals surface area contributed by atoms with E-state index in [2.05, 4.69) is 185 Å². The highest BCUT2D eigenvalue weighted by molar-refractivity contribution is 7.25. The van der Waals surface area contributed by atoms with E-state index in [1.54, 1.807) is 0 Å². The zero-order valence-electron chi connectivity index (χ0n) is 31.4. The van der Waals surface area contributed by atoms with Gasteiger partial charge < -0.3 is 0 Å². The Morgan fingerprint density at radius 2 is 0.873 bits per heavy atom. The van der Waals surface area contributed by atoms with Gasteiger partial charge in [-0.15, -0.1) is 11.3 Å². The highest BCUT2D eigenvalue weighted by Crippen LogP contribution is 2.60. The van der Waals surface area contributed by atoms with Crippen molar-refractivity contribution in [2.45, 2.75) is 38.5 Å². The summed E-state index contributed by atoms with van der Waals surface area (Å²) in [7, 11) is 0. The highest BCUT2D eigenvalue weighted by atomic mass is 32.1. The topological polar surface area (TPSA) is 0 Å². The van der Waals surface area contributed by atoms with Gasteiger partial charge in [-0.25, -0.2) is 0 Å². The molecule has 1 heterocycles. The number of rotatable bonds is 2. The van der Waals surface area contributed by atoms with E-state index in [4.69, 9.17) is 0 Å². The van der Waals surface area contributed by atoms with Crippen LogP contribution in [0.15, 0.2) is 158 Å². The van der Waals surface area contributed by atoms with Gasteiger partial charge in [0.05, 0.1) is 0 Å². The van der Waals surface area contributed by atoms with Crippen LogP contribution in [0.2, 0.25) is 0 Å². The van der Waals surface area contributed by atoms with Gasteiger partial charge >= 0.3 is 0 Å². The highest BCUT2D eigenvalue weighted by Gasteiger charge is 2.45. The van der Waals surface area contributed by atoms with Crippen LogP contribution in [0.5, 0.6) is 0 Å². The fraction of sp³-hybridized carbons (Fsp3) is 0.111. The minimum absolute atomic E-state index is 0.131. The van der Waals surface area contributed by atoms with Crippen LogP contribution in [0, 0.1) is 0 Å². The summed E-state index contributed by atoms with van der Waals surface area (Å²) >= 11 is 1.89. The average Bonchev–Trinajstić information content (AvgIpc) is 3.78. The van der Waals surface area contributed by atoms with Crippen molar-refractivity contribution in [2.75, 3.05) is 0 Å². The van der Waals surface area contributed by atoms with Gasteiger partial charge in [-0.1, -0.05) is 167 Å². The van der Waals surface area contributed by atoms with Gasteiger partial charge in [0.2, 0.25) is 0 Å².